The van der Waals surface area contributed by atoms with Crippen molar-refractivity contribution in [2.24, 2.45) is 17.4 Å². The van der Waals surface area contributed by atoms with Crippen LogP contribution in [0, 0.1) is 39.8 Å². The molecule has 0 spiro atoms. The fraction of sp³-hybridized carbons (Fsp3) is 0.194. The molecule has 1 unspecified atom stereocenters. The molecule has 41 heavy (non-hydrogen) atoms. The molecule has 6 N–H and O–H groups in total. The number of amidine groups is 1. The number of rotatable bonds is 9. The normalized spacial score (nSPS) is 14.0. The minimum Gasteiger partial charge on any atom is -0.384 e. The van der Waals surface area contributed by atoms with Crippen LogP contribution in [0.15, 0.2) is 72.8 Å². The maximum absolute atomic E-state index is 15.1. The lowest BCUT2D eigenvalue weighted by atomic mass is 9.79. The van der Waals surface area contributed by atoms with E-state index in [4.69, 9.17) is 16.9 Å². The summed E-state index contributed by atoms with van der Waals surface area (Å²) in [5.74, 6) is -0.942. The SMILES string of the molecule is N#Cc1cccc(C(N)(CCC2CC2)c2ccc(F)c(NC(=O)c3cc(C#N)nn3-c3cccc(C(=N)N)c3)c2)c1. The third-order valence-corrected chi connectivity index (χ3v) is 7.34. The number of carbonyl (C=O) groups is 1. The van der Waals surface area contributed by atoms with E-state index < -0.39 is 17.3 Å². The molecule has 4 aromatic rings. The van der Waals surface area contributed by atoms with Gasteiger partial charge in [-0.2, -0.15) is 15.6 Å². The molecular weight excluding hydrogens is 519 g/mol. The molecule has 1 amide bonds. The van der Waals surface area contributed by atoms with Crippen LogP contribution in [0.2, 0.25) is 0 Å². The van der Waals surface area contributed by atoms with Gasteiger partial charge in [-0.25, -0.2) is 9.07 Å². The second-order valence-electron chi connectivity index (χ2n) is 10.2. The first-order chi connectivity index (χ1) is 19.7. The molecule has 1 aromatic heterocycles. The zero-order chi connectivity index (χ0) is 29.1. The van der Waals surface area contributed by atoms with E-state index >= 15 is 4.39 Å². The van der Waals surface area contributed by atoms with E-state index in [0.29, 0.717) is 34.7 Å². The molecule has 1 aliphatic rings. The number of hydrogen-bond acceptors (Lipinski definition) is 6. The third-order valence-electron chi connectivity index (χ3n) is 7.34. The lowest BCUT2D eigenvalue weighted by molar-refractivity contribution is 0.101. The van der Waals surface area contributed by atoms with Gasteiger partial charge in [0.2, 0.25) is 0 Å². The molecule has 9 nitrogen and oxygen atoms in total. The van der Waals surface area contributed by atoms with Gasteiger partial charge < -0.3 is 16.8 Å². The van der Waals surface area contributed by atoms with Crippen molar-refractivity contribution in [2.75, 3.05) is 5.32 Å². The summed E-state index contributed by atoms with van der Waals surface area (Å²) in [5, 5.41) is 33.4. The number of carbonyl (C=O) groups excluding carboxylic acids is 1. The first-order valence-corrected chi connectivity index (χ1v) is 13.1. The third kappa shape index (κ3) is 5.69. The lowest BCUT2D eigenvalue weighted by Gasteiger charge is -2.32. The number of hydrogen-bond donors (Lipinski definition) is 4. The zero-order valence-corrected chi connectivity index (χ0v) is 22.1. The fourth-order valence-electron chi connectivity index (χ4n) is 4.84. The molecular formula is C31H27FN8O. The first kappa shape index (κ1) is 27.3. The maximum Gasteiger partial charge on any atom is 0.274 e. The standard InChI is InChI=1S/C31H27FN8O/c32-26-10-9-23(31(37,12-11-19-7-8-19)22-5-1-3-20(13-22)17-33)15-27(26)38-30(41)28-16-24(18-34)39-40(28)25-6-2-4-21(14-25)29(35)36/h1-6,9-10,13-16,19H,7-8,11-12,37H2,(H3,35,36)(H,38,41). The van der Waals surface area contributed by atoms with E-state index in [1.54, 1.807) is 48.5 Å². The molecule has 0 bridgehead atoms. The van der Waals surface area contributed by atoms with E-state index in [0.717, 1.165) is 24.8 Å². The number of nitrogens with one attached hydrogen (secondary N) is 2. The van der Waals surface area contributed by atoms with E-state index in [-0.39, 0.29) is 22.9 Å². The Morgan fingerprint density at radius 2 is 1.83 bits per heavy atom. The number of amides is 1. The monoisotopic (exact) mass is 546 g/mol. The van der Waals surface area contributed by atoms with Gasteiger partial charge in [-0.3, -0.25) is 10.2 Å². The van der Waals surface area contributed by atoms with Crippen molar-refractivity contribution < 1.29 is 9.18 Å². The highest BCUT2D eigenvalue weighted by atomic mass is 19.1. The zero-order valence-electron chi connectivity index (χ0n) is 22.1. The van der Waals surface area contributed by atoms with Gasteiger partial charge in [0, 0.05) is 11.6 Å². The van der Waals surface area contributed by atoms with Gasteiger partial charge in [0.25, 0.3) is 5.91 Å². The minimum atomic E-state index is -1.02. The molecule has 1 heterocycles. The van der Waals surface area contributed by atoms with E-state index in [1.165, 1.54) is 22.9 Å². The number of aromatic nitrogens is 2. The Morgan fingerprint density at radius 3 is 2.54 bits per heavy atom. The molecule has 1 atom stereocenters. The summed E-state index contributed by atoms with van der Waals surface area (Å²) in [6, 6.07) is 23.3. The average Bonchev–Trinajstić information content (AvgIpc) is 3.72. The van der Waals surface area contributed by atoms with E-state index in [9.17, 15) is 15.3 Å². The second kappa shape index (κ2) is 11.0. The number of nitrogens with two attached hydrogens (primary N) is 2. The smallest absolute Gasteiger partial charge is 0.274 e. The molecule has 204 valence electrons. The highest BCUT2D eigenvalue weighted by molar-refractivity contribution is 6.04. The van der Waals surface area contributed by atoms with Gasteiger partial charge in [0.1, 0.15) is 23.4 Å². The maximum atomic E-state index is 15.1. The minimum absolute atomic E-state index is 0.0125. The Bertz CT molecular complexity index is 1740. The molecule has 10 heteroatoms. The Hall–Kier alpha value is -5.32. The predicted octanol–water partition coefficient (Wildman–Crippen LogP) is 4.68. The van der Waals surface area contributed by atoms with Crippen molar-refractivity contribution in [1.29, 1.82) is 15.9 Å². The van der Waals surface area contributed by atoms with E-state index in [2.05, 4.69) is 16.5 Å². The molecule has 1 aliphatic carbocycles. The molecule has 1 saturated carbocycles. The first-order valence-electron chi connectivity index (χ1n) is 13.1. The second-order valence-corrected chi connectivity index (χ2v) is 10.2. The lowest BCUT2D eigenvalue weighted by Crippen LogP contribution is -2.38. The highest BCUT2D eigenvalue weighted by Gasteiger charge is 2.34. The van der Waals surface area contributed by atoms with Crippen LogP contribution in [0.3, 0.4) is 0 Å². The number of halogens is 1. The molecule has 0 saturated heterocycles. The Morgan fingerprint density at radius 1 is 1.07 bits per heavy atom. The number of benzene rings is 3. The molecule has 5 rings (SSSR count). The van der Waals surface area contributed by atoms with Gasteiger partial charge in [0.15, 0.2) is 5.69 Å². The van der Waals surface area contributed by atoms with Gasteiger partial charge in [-0.05, 0) is 66.3 Å². The van der Waals surface area contributed by atoms with Crippen LogP contribution in [0.4, 0.5) is 10.1 Å². The quantitative estimate of drug-likeness (QED) is 0.175. The predicted molar refractivity (Wildman–Crippen MR) is 152 cm³/mol. The van der Waals surface area contributed by atoms with Crippen LogP contribution in [-0.4, -0.2) is 21.5 Å². The van der Waals surface area contributed by atoms with Crippen LogP contribution >= 0.6 is 0 Å². The van der Waals surface area contributed by atoms with Gasteiger partial charge in [0.05, 0.1) is 28.5 Å². The number of nitriles is 2. The van der Waals surface area contributed by atoms with Crippen molar-refractivity contribution >= 4 is 17.4 Å². The van der Waals surface area contributed by atoms with Crippen LogP contribution in [0.25, 0.3) is 5.69 Å². The average molecular weight is 547 g/mol. The number of nitrogens with zero attached hydrogens (tertiary/aromatic N) is 4. The van der Waals surface area contributed by atoms with Crippen LogP contribution in [0.5, 0.6) is 0 Å². The van der Waals surface area contributed by atoms with E-state index in [1.807, 2.05) is 12.1 Å². The summed E-state index contributed by atoms with van der Waals surface area (Å²) in [5.41, 5.74) is 14.1. The highest BCUT2D eigenvalue weighted by Crippen LogP contribution is 2.40. The Balaban J connectivity index is 1.51. The fourth-order valence-corrected chi connectivity index (χ4v) is 4.84. The van der Waals surface area contributed by atoms with Crippen LogP contribution < -0.4 is 16.8 Å². The summed E-state index contributed by atoms with van der Waals surface area (Å²) in [4.78, 5) is 13.5. The summed E-state index contributed by atoms with van der Waals surface area (Å²) in [7, 11) is 0. The van der Waals surface area contributed by atoms with Crippen molar-refractivity contribution in [2.45, 2.75) is 31.2 Å². The molecule has 3 aromatic carbocycles. The van der Waals surface area contributed by atoms with Crippen molar-refractivity contribution in [3.63, 3.8) is 0 Å². The van der Waals surface area contributed by atoms with Gasteiger partial charge >= 0.3 is 0 Å². The summed E-state index contributed by atoms with van der Waals surface area (Å²) in [6.45, 7) is 0. The van der Waals surface area contributed by atoms with Crippen LogP contribution in [0.1, 0.15) is 64.1 Å². The van der Waals surface area contributed by atoms with Crippen molar-refractivity contribution in [3.05, 3.63) is 112 Å². The summed E-state index contributed by atoms with van der Waals surface area (Å²) in [6.07, 6.45) is 3.75. The topological polar surface area (TPSA) is 170 Å². The molecule has 1 fully saturated rings. The summed E-state index contributed by atoms with van der Waals surface area (Å²) >= 11 is 0. The number of nitrogen functional groups attached to an aromatic ring is 1. The molecule has 0 aliphatic heterocycles. The van der Waals surface area contributed by atoms with Crippen molar-refractivity contribution in [1.82, 2.24) is 9.78 Å². The Kier molecular flexibility index (Phi) is 7.34. The van der Waals surface area contributed by atoms with Gasteiger partial charge in [-0.15, -0.1) is 0 Å². The molecule has 0 radical (unpaired) electrons. The van der Waals surface area contributed by atoms with Gasteiger partial charge in [-0.1, -0.05) is 43.2 Å². The van der Waals surface area contributed by atoms with Crippen LogP contribution in [-0.2, 0) is 5.54 Å². The van der Waals surface area contributed by atoms with Crippen molar-refractivity contribution in [3.8, 4) is 17.8 Å². The number of anilines is 1. The summed E-state index contributed by atoms with van der Waals surface area (Å²) < 4.78 is 16.4. The largest absolute Gasteiger partial charge is 0.384 e. The Labute approximate surface area is 236 Å².